The van der Waals surface area contributed by atoms with Gasteiger partial charge in [0.05, 0.1) is 0 Å². The number of phosphoric acid groups is 1. The van der Waals surface area contributed by atoms with Crippen LogP contribution in [-0.2, 0) is 4.57 Å². The fourth-order valence-electron chi connectivity index (χ4n) is 2.33. The third-order valence-electron chi connectivity index (χ3n) is 3.37. The standard InChI is InChI=1S/C15H11O10P/c16-7-4-9(18)12-11(5-7)24-15(14(20)13(12)19)6-1-2-10(8(17)3-6)25-26(21,22)23/h1-5,16-18,20H,(H2,21,22,23). The molecule has 0 aliphatic heterocycles. The molecular formula is C15H11O10P. The second-order valence-corrected chi connectivity index (χ2v) is 6.38. The molecule has 0 atom stereocenters. The van der Waals surface area contributed by atoms with Crippen LogP contribution in [0.5, 0.6) is 28.7 Å². The van der Waals surface area contributed by atoms with E-state index in [2.05, 4.69) is 4.52 Å². The van der Waals surface area contributed by atoms with Crippen molar-refractivity contribution in [2.24, 2.45) is 0 Å². The van der Waals surface area contributed by atoms with Crippen molar-refractivity contribution < 1.29 is 43.7 Å². The van der Waals surface area contributed by atoms with Crippen LogP contribution in [0.15, 0.2) is 39.5 Å². The number of phosphoric ester groups is 1. The first-order chi connectivity index (χ1) is 12.1. The maximum Gasteiger partial charge on any atom is 0.524 e. The van der Waals surface area contributed by atoms with Crippen molar-refractivity contribution in [3.05, 3.63) is 40.6 Å². The number of hydrogen-bond acceptors (Lipinski definition) is 8. The molecule has 10 nitrogen and oxygen atoms in total. The molecule has 11 heteroatoms. The minimum Gasteiger partial charge on any atom is -0.508 e. The van der Waals surface area contributed by atoms with Crippen LogP contribution in [0.25, 0.3) is 22.3 Å². The summed E-state index contributed by atoms with van der Waals surface area (Å²) < 4.78 is 20.4. The highest BCUT2D eigenvalue weighted by atomic mass is 31.2. The highest BCUT2D eigenvalue weighted by molar-refractivity contribution is 7.46. The molecule has 1 aromatic heterocycles. The summed E-state index contributed by atoms with van der Waals surface area (Å²) in [4.78, 5) is 29.8. The first kappa shape index (κ1) is 17.6. The van der Waals surface area contributed by atoms with Crippen LogP contribution in [0.4, 0.5) is 0 Å². The Labute approximate surface area is 144 Å². The van der Waals surface area contributed by atoms with Crippen LogP contribution >= 0.6 is 7.82 Å². The van der Waals surface area contributed by atoms with E-state index in [4.69, 9.17) is 14.2 Å². The van der Waals surface area contributed by atoms with Crippen LogP contribution in [0, 0.1) is 0 Å². The SMILES string of the molecule is O=c1c(O)c(-c2ccc(OP(=O)(O)O)c(O)c2)oc2cc(O)cc(O)c12. The number of fused-ring (bicyclic) bond motifs is 1. The Hall–Kier alpha value is -3.20. The summed E-state index contributed by atoms with van der Waals surface area (Å²) in [5, 5.41) is 38.8. The molecule has 0 saturated heterocycles. The van der Waals surface area contributed by atoms with Crippen molar-refractivity contribution in [2.45, 2.75) is 0 Å². The summed E-state index contributed by atoms with van der Waals surface area (Å²) in [6, 6.07) is 5.05. The van der Waals surface area contributed by atoms with Gasteiger partial charge in [-0.3, -0.25) is 14.6 Å². The normalized spacial score (nSPS) is 11.6. The third-order valence-corrected chi connectivity index (χ3v) is 3.81. The van der Waals surface area contributed by atoms with Gasteiger partial charge in [-0.1, -0.05) is 0 Å². The summed E-state index contributed by atoms with van der Waals surface area (Å²) in [5.74, 6) is -3.47. The average molecular weight is 382 g/mol. The van der Waals surface area contributed by atoms with Gasteiger partial charge in [-0.15, -0.1) is 0 Å². The monoisotopic (exact) mass is 382 g/mol. The van der Waals surface area contributed by atoms with E-state index in [0.29, 0.717) is 0 Å². The number of aromatic hydroxyl groups is 4. The van der Waals surface area contributed by atoms with E-state index in [-0.39, 0.29) is 22.3 Å². The summed E-state index contributed by atoms with van der Waals surface area (Å²) in [6.45, 7) is 0. The Bertz CT molecular complexity index is 1130. The molecule has 0 amide bonds. The molecule has 0 spiro atoms. The summed E-state index contributed by atoms with van der Waals surface area (Å²) in [5.41, 5.74) is -1.23. The van der Waals surface area contributed by atoms with Gasteiger partial charge in [0.1, 0.15) is 22.5 Å². The summed E-state index contributed by atoms with van der Waals surface area (Å²) in [7, 11) is -4.90. The van der Waals surface area contributed by atoms with Gasteiger partial charge < -0.3 is 29.4 Å². The minimum atomic E-state index is -4.90. The van der Waals surface area contributed by atoms with E-state index in [9.17, 15) is 29.8 Å². The van der Waals surface area contributed by atoms with Crippen LogP contribution in [-0.4, -0.2) is 30.2 Å². The number of phenolic OH excluding ortho intramolecular Hbond substituents is 3. The predicted octanol–water partition coefficient (Wildman–Crippen LogP) is 1.75. The number of hydrogen-bond donors (Lipinski definition) is 6. The lowest BCUT2D eigenvalue weighted by atomic mass is 10.1. The first-order valence-corrected chi connectivity index (χ1v) is 8.40. The lowest BCUT2D eigenvalue weighted by molar-refractivity contribution is 0.278. The van der Waals surface area contributed by atoms with Gasteiger partial charge in [0.25, 0.3) is 0 Å². The van der Waals surface area contributed by atoms with E-state index >= 15 is 0 Å². The van der Waals surface area contributed by atoms with E-state index < -0.39 is 42.0 Å². The van der Waals surface area contributed by atoms with Crippen molar-refractivity contribution >= 4 is 18.8 Å². The maximum atomic E-state index is 12.3. The van der Waals surface area contributed by atoms with Crippen molar-refractivity contribution in [3.63, 3.8) is 0 Å². The molecule has 0 bridgehead atoms. The highest BCUT2D eigenvalue weighted by Gasteiger charge is 2.22. The van der Waals surface area contributed by atoms with Gasteiger partial charge in [-0.25, -0.2) is 4.57 Å². The Morgan fingerprint density at radius 3 is 2.27 bits per heavy atom. The molecule has 3 rings (SSSR count). The molecule has 0 saturated carbocycles. The second-order valence-electron chi connectivity index (χ2n) is 5.21. The average Bonchev–Trinajstić information content (AvgIpc) is 2.51. The van der Waals surface area contributed by atoms with Crippen molar-refractivity contribution in [1.29, 1.82) is 0 Å². The quantitative estimate of drug-likeness (QED) is 0.366. The zero-order chi connectivity index (χ0) is 19.2. The molecule has 0 unspecified atom stereocenters. The van der Waals surface area contributed by atoms with Crippen LogP contribution in [0.2, 0.25) is 0 Å². The van der Waals surface area contributed by atoms with Gasteiger partial charge >= 0.3 is 7.82 Å². The molecule has 6 N–H and O–H groups in total. The molecule has 2 aromatic carbocycles. The van der Waals surface area contributed by atoms with Gasteiger partial charge in [0, 0.05) is 17.7 Å². The van der Waals surface area contributed by atoms with Crippen molar-refractivity contribution in [2.75, 3.05) is 0 Å². The Balaban J connectivity index is 2.20. The molecule has 1 heterocycles. The van der Waals surface area contributed by atoms with E-state index in [0.717, 1.165) is 30.3 Å². The smallest absolute Gasteiger partial charge is 0.508 e. The van der Waals surface area contributed by atoms with Crippen molar-refractivity contribution in [1.82, 2.24) is 0 Å². The van der Waals surface area contributed by atoms with Crippen LogP contribution in [0.1, 0.15) is 0 Å². The molecule has 26 heavy (non-hydrogen) atoms. The number of rotatable bonds is 3. The first-order valence-electron chi connectivity index (χ1n) is 6.87. The fourth-order valence-corrected chi connectivity index (χ4v) is 2.75. The third kappa shape index (κ3) is 3.16. The Morgan fingerprint density at radius 1 is 0.962 bits per heavy atom. The van der Waals surface area contributed by atoms with E-state index in [1.165, 1.54) is 0 Å². The van der Waals surface area contributed by atoms with Crippen LogP contribution < -0.4 is 9.95 Å². The Kier molecular flexibility index (Phi) is 4.03. The van der Waals surface area contributed by atoms with E-state index in [1.54, 1.807) is 0 Å². The Morgan fingerprint density at radius 2 is 1.65 bits per heavy atom. The van der Waals surface area contributed by atoms with Crippen LogP contribution in [0.3, 0.4) is 0 Å². The second kappa shape index (κ2) is 5.95. The predicted molar refractivity (Wildman–Crippen MR) is 87.3 cm³/mol. The number of benzene rings is 2. The zero-order valence-corrected chi connectivity index (χ0v) is 13.5. The lowest BCUT2D eigenvalue weighted by Crippen LogP contribution is -2.03. The van der Waals surface area contributed by atoms with Gasteiger partial charge in [0.2, 0.25) is 11.2 Å². The molecular weight excluding hydrogens is 371 g/mol. The van der Waals surface area contributed by atoms with E-state index in [1.807, 2.05) is 0 Å². The van der Waals surface area contributed by atoms with Gasteiger partial charge in [0.15, 0.2) is 17.3 Å². The molecule has 136 valence electrons. The topological polar surface area (TPSA) is 178 Å². The molecule has 3 aromatic rings. The maximum absolute atomic E-state index is 12.3. The molecule has 0 fully saturated rings. The minimum absolute atomic E-state index is 0.0279. The van der Waals surface area contributed by atoms with Gasteiger partial charge in [-0.05, 0) is 18.2 Å². The molecule has 0 radical (unpaired) electrons. The largest absolute Gasteiger partial charge is 0.524 e. The summed E-state index contributed by atoms with van der Waals surface area (Å²) >= 11 is 0. The van der Waals surface area contributed by atoms with Gasteiger partial charge in [-0.2, -0.15) is 0 Å². The van der Waals surface area contributed by atoms with Crippen molar-refractivity contribution in [3.8, 4) is 40.1 Å². The molecule has 0 aliphatic carbocycles. The lowest BCUT2D eigenvalue weighted by Gasteiger charge is -2.11. The molecule has 0 aliphatic rings. The highest BCUT2D eigenvalue weighted by Crippen LogP contribution is 2.43. The summed E-state index contributed by atoms with van der Waals surface area (Å²) in [6.07, 6.45) is 0. The zero-order valence-electron chi connectivity index (χ0n) is 12.7. The fraction of sp³-hybridized carbons (Fsp3) is 0. The number of phenols is 3.